The molecular weight excluding hydrogens is 194 g/mol. The molecule has 0 saturated carbocycles. The number of hydrogen-bond donors (Lipinski definition) is 0. The van der Waals surface area contributed by atoms with Crippen LogP contribution in [0.5, 0.6) is 0 Å². The van der Waals surface area contributed by atoms with Gasteiger partial charge in [-0.2, -0.15) is 0 Å². The van der Waals surface area contributed by atoms with E-state index in [4.69, 9.17) is 4.98 Å². The van der Waals surface area contributed by atoms with Crippen molar-refractivity contribution in [3.63, 3.8) is 0 Å². The monoisotopic (exact) mass is 207 g/mol. The second-order valence-corrected chi connectivity index (χ2v) is 4.33. The fourth-order valence-corrected chi connectivity index (χ4v) is 2.13. The van der Waals surface area contributed by atoms with Crippen LogP contribution in [0.4, 0.5) is 0 Å². The summed E-state index contributed by atoms with van der Waals surface area (Å²) in [6.45, 7) is 4.22. The number of hydrogen-bond acceptors (Lipinski definition) is 1. The van der Waals surface area contributed by atoms with Gasteiger partial charge in [-0.3, -0.25) is 0 Å². The van der Waals surface area contributed by atoms with Gasteiger partial charge in [-0.15, -0.1) is 0 Å². The molecule has 1 nitrogen and oxygen atoms in total. The van der Waals surface area contributed by atoms with Gasteiger partial charge >= 0.3 is 0 Å². The van der Waals surface area contributed by atoms with Crippen LogP contribution in [0.15, 0.2) is 42.5 Å². The quantitative estimate of drug-likeness (QED) is 0.508. The van der Waals surface area contributed by atoms with E-state index >= 15 is 0 Å². The average molecular weight is 207 g/mol. The molecule has 0 unspecified atom stereocenters. The molecule has 0 aliphatic rings. The van der Waals surface area contributed by atoms with Gasteiger partial charge in [-0.25, -0.2) is 4.98 Å². The molecule has 0 amide bonds. The van der Waals surface area contributed by atoms with Crippen LogP contribution in [-0.2, 0) is 0 Å². The Bertz CT molecular complexity index is 683. The second-order valence-electron chi connectivity index (χ2n) is 4.33. The lowest BCUT2D eigenvalue weighted by Gasteiger charge is -2.04. The highest BCUT2D eigenvalue weighted by Gasteiger charge is 2.01. The van der Waals surface area contributed by atoms with E-state index in [-0.39, 0.29) is 0 Å². The molecule has 1 heteroatoms. The number of fused-ring (bicyclic) bond motifs is 2. The van der Waals surface area contributed by atoms with Crippen LogP contribution in [0.1, 0.15) is 11.1 Å². The molecule has 3 rings (SSSR count). The van der Waals surface area contributed by atoms with E-state index in [9.17, 15) is 0 Å². The maximum Gasteiger partial charge on any atom is 0.0738 e. The Hall–Kier alpha value is -1.89. The molecule has 0 atom stereocenters. The molecule has 0 N–H and O–H groups in total. The number of rotatable bonds is 0. The van der Waals surface area contributed by atoms with Gasteiger partial charge in [-0.05, 0) is 37.6 Å². The highest BCUT2D eigenvalue weighted by molar-refractivity contribution is 5.94. The first kappa shape index (κ1) is 9.34. The van der Waals surface area contributed by atoms with Gasteiger partial charge in [0, 0.05) is 10.8 Å². The summed E-state index contributed by atoms with van der Waals surface area (Å²) in [4.78, 5) is 4.72. The Morgan fingerprint density at radius 3 is 2.62 bits per heavy atom. The highest BCUT2D eigenvalue weighted by Crippen LogP contribution is 2.22. The van der Waals surface area contributed by atoms with Crippen molar-refractivity contribution in [2.24, 2.45) is 0 Å². The van der Waals surface area contributed by atoms with Gasteiger partial charge in [-0.1, -0.05) is 29.8 Å². The predicted octanol–water partition coefficient (Wildman–Crippen LogP) is 4.00. The summed E-state index contributed by atoms with van der Waals surface area (Å²) >= 11 is 0. The van der Waals surface area contributed by atoms with E-state index in [1.54, 1.807) is 0 Å². The van der Waals surface area contributed by atoms with Gasteiger partial charge in [0.15, 0.2) is 0 Å². The molecule has 0 radical (unpaired) electrons. The third kappa shape index (κ3) is 1.36. The van der Waals surface area contributed by atoms with Crippen molar-refractivity contribution in [1.82, 2.24) is 4.98 Å². The molecule has 78 valence electrons. The second kappa shape index (κ2) is 3.31. The molecule has 2 aromatic carbocycles. The van der Waals surface area contributed by atoms with Crippen molar-refractivity contribution in [3.05, 3.63) is 53.6 Å². The van der Waals surface area contributed by atoms with Crippen LogP contribution >= 0.6 is 0 Å². The largest absolute Gasteiger partial charge is 0.248 e. The average Bonchev–Trinajstić information content (AvgIpc) is 2.27. The van der Waals surface area contributed by atoms with E-state index in [1.165, 1.54) is 21.9 Å². The first-order valence-electron chi connectivity index (χ1n) is 5.51. The zero-order chi connectivity index (χ0) is 11.1. The summed E-state index contributed by atoms with van der Waals surface area (Å²) in [5.41, 5.74) is 4.70. The Kier molecular flexibility index (Phi) is 1.93. The van der Waals surface area contributed by atoms with Gasteiger partial charge in [0.1, 0.15) is 0 Å². The molecule has 0 fully saturated rings. The first-order valence-corrected chi connectivity index (χ1v) is 5.51. The van der Waals surface area contributed by atoms with Crippen LogP contribution in [0.2, 0.25) is 0 Å². The van der Waals surface area contributed by atoms with Crippen LogP contribution < -0.4 is 0 Å². The molecule has 0 aliphatic heterocycles. The van der Waals surface area contributed by atoms with Crippen molar-refractivity contribution in [3.8, 4) is 0 Å². The molecule has 1 heterocycles. The molecule has 0 aliphatic carbocycles. The van der Waals surface area contributed by atoms with Gasteiger partial charge < -0.3 is 0 Å². The van der Waals surface area contributed by atoms with Crippen LogP contribution in [0, 0.1) is 13.8 Å². The first-order chi connectivity index (χ1) is 7.74. The Balaban J connectivity index is 2.49. The smallest absolute Gasteiger partial charge is 0.0738 e. The Morgan fingerprint density at radius 1 is 0.875 bits per heavy atom. The summed E-state index contributed by atoms with van der Waals surface area (Å²) in [5.74, 6) is 0. The molecule has 16 heavy (non-hydrogen) atoms. The van der Waals surface area contributed by atoms with Crippen molar-refractivity contribution < 1.29 is 0 Å². The van der Waals surface area contributed by atoms with E-state index in [2.05, 4.69) is 56.3 Å². The maximum absolute atomic E-state index is 4.72. The number of para-hydroxylation sites is 1. The van der Waals surface area contributed by atoms with Crippen molar-refractivity contribution in [2.75, 3.05) is 0 Å². The van der Waals surface area contributed by atoms with Gasteiger partial charge in [0.25, 0.3) is 0 Å². The summed E-state index contributed by atoms with van der Waals surface area (Å²) in [6.07, 6.45) is 0. The zero-order valence-corrected chi connectivity index (χ0v) is 9.49. The fourth-order valence-electron chi connectivity index (χ4n) is 2.13. The normalized spacial score (nSPS) is 11.1. The van der Waals surface area contributed by atoms with Crippen LogP contribution in [0.3, 0.4) is 0 Å². The fraction of sp³-hybridized carbons (Fsp3) is 0.133. The SMILES string of the molecule is Cc1ccc2nc3c(C)cccc3cc2c1. The number of pyridine rings is 1. The number of aromatic nitrogens is 1. The van der Waals surface area contributed by atoms with Crippen molar-refractivity contribution >= 4 is 21.8 Å². The molecule has 0 saturated heterocycles. The summed E-state index contributed by atoms with van der Waals surface area (Å²) in [5, 5.41) is 2.44. The standard InChI is InChI=1S/C15H13N/c1-10-6-7-14-13(8-10)9-12-5-3-4-11(2)15(12)16-14/h3-9H,1-2H3. The summed E-state index contributed by atoms with van der Waals surface area (Å²) in [7, 11) is 0. The van der Waals surface area contributed by atoms with Gasteiger partial charge in [0.05, 0.1) is 11.0 Å². The minimum atomic E-state index is 1.08. The number of benzene rings is 2. The summed E-state index contributed by atoms with van der Waals surface area (Å²) in [6, 6.07) is 14.9. The lowest BCUT2D eigenvalue weighted by Crippen LogP contribution is -1.85. The molecule has 3 aromatic rings. The molecular formula is C15H13N. The third-order valence-corrected chi connectivity index (χ3v) is 3.00. The molecule has 0 bridgehead atoms. The van der Waals surface area contributed by atoms with E-state index < -0.39 is 0 Å². The topological polar surface area (TPSA) is 12.9 Å². The third-order valence-electron chi connectivity index (χ3n) is 3.00. The number of aryl methyl sites for hydroxylation is 2. The predicted molar refractivity (Wildman–Crippen MR) is 68.7 cm³/mol. The van der Waals surface area contributed by atoms with Gasteiger partial charge in [0.2, 0.25) is 0 Å². The van der Waals surface area contributed by atoms with Crippen molar-refractivity contribution in [1.29, 1.82) is 0 Å². The Morgan fingerprint density at radius 2 is 1.75 bits per heavy atom. The minimum Gasteiger partial charge on any atom is -0.248 e. The van der Waals surface area contributed by atoms with E-state index in [1.807, 2.05) is 0 Å². The lowest BCUT2D eigenvalue weighted by molar-refractivity contribution is 1.41. The van der Waals surface area contributed by atoms with E-state index in [0.717, 1.165) is 11.0 Å². The minimum absolute atomic E-state index is 1.08. The molecule has 0 spiro atoms. The number of nitrogens with zero attached hydrogens (tertiary/aromatic N) is 1. The maximum atomic E-state index is 4.72. The zero-order valence-electron chi connectivity index (χ0n) is 9.49. The van der Waals surface area contributed by atoms with Crippen LogP contribution in [0.25, 0.3) is 21.8 Å². The molecule has 1 aromatic heterocycles. The Labute approximate surface area is 94.7 Å². The van der Waals surface area contributed by atoms with Crippen molar-refractivity contribution in [2.45, 2.75) is 13.8 Å². The lowest BCUT2D eigenvalue weighted by atomic mass is 10.1. The highest BCUT2D eigenvalue weighted by atomic mass is 14.7. The summed E-state index contributed by atoms with van der Waals surface area (Å²) < 4.78 is 0. The van der Waals surface area contributed by atoms with E-state index in [0.29, 0.717) is 0 Å². The van der Waals surface area contributed by atoms with Crippen LogP contribution in [-0.4, -0.2) is 4.98 Å².